The third-order valence-electron chi connectivity index (χ3n) is 3.64. The summed E-state index contributed by atoms with van der Waals surface area (Å²) in [6.07, 6.45) is 0.295. The fourth-order valence-electron chi connectivity index (χ4n) is 2.35. The number of carbonyl (C=O) groups is 1. The Labute approximate surface area is 140 Å². The predicted molar refractivity (Wildman–Crippen MR) is 95.5 cm³/mol. The van der Waals surface area contributed by atoms with Crippen LogP contribution in [0.1, 0.15) is 11.3 Å². The normalized spacial score (nSPS) is 10.5. The number of carbonyl (C=O) groups excluding carboxylic acids is 1. The van der Waals surface area contributed by atoms with Gasteiger partial charge in [0.2, 0.25) is 5.91 Å². The lowest BCUT2D eigenvalue weighted by molar-refractivity contribution is -0.119. The molecule has 1 N–H and O–H groups in total. The van der Waals surface area contributed by atoms with Gasteiger partial charge in [0, 0.05) is 12.6 Å². The monoisotopic (exact) mass is 322 g/mol. The summed E-state index contributed by atoms with van der Waals surface area (Å²) in [7, 11) is 1.65. The van der Waals surface area contributed by atoms with E-state index >= 15 is 0 Å². The Hall–Kier alpha value is -2.46. The highest BCUT2D eigenvalue weighted by atomic mass is 32.1. The summed E-state index contributed by atoms with van der Waals surface area (Å²) in [4.78, 5) is 17.6. The van der Waals surface area contributed by atoms with Crippen LogP contribution in [-0.2, 0) is 11.2 Å². The van der Waals surface area contributed by atoms with Crippen LogP contribution in [0.25, 0.3) is 21.0 Å². The molecule has 0 unspecified atom stereocenters. The Bertz CT molecular complexity index is 807. The fraction of sp³-hybridized carbons (Fsp3) is 0.158. The number of hydrogen-bond acceptors (Lipinski definition) is 3. The van der Waals surface area contributed by atoms with Crippen LogP contribution in [0.4, 0.5) is 0 Å². The van der Waals surface area contributed by atoms with Gasteiger partial charge in [-0.15, -0.1) is 11.3 Å². The van der Waals surface area contributed by atoms with Crippen molar-refractivity contribution in [1.29, 1.82) is 0 Å². The third-order valence-corrected chi connectivity index (χ3v) is 4.83. The Morgan fingerprint density at radius 3 is 2.39 bits per heavy atom. The van der Waals surface area contributed by atoms with Gasteiger partial charge in [-0.2, -0.15) is 0 Å². The van der Waals surface area contributed by atoms with E-state index in [1.807, 2.05) is 30.3 Å². The molecule has 3 rings (SSSR count). The van der Waals surface area contributed by atoms with Crippen molar-refractivity contribution >= 4 is 17.2 Å². The van der Waals surface area contributed by atoms with Crippen LogP contribution in [0.3, 0.4) is 0 Å². The molecule has 4 heteroatoms. The largest absolute Gasteiger partial charge is 0.359 e. The molecule has 0 aliphatic carbocycles. The van der Waals surface area contributed by atoms with Gasteiger partial charge in [-0.1, -0.05) is 60.2 Å². The summed E-state index contributed by atoms with van der Waals surface area (Å²) in [6.45, 7) is 2.07. The van der Waals surface area contributed by atoms with Crippen LogP contribution in [0.15, 0.2) is 54.6 Å². The van der Waals surface area contributed by atoms with Crippen molar-refractivity contribution in [3.63, 3.8) is 0 Å². The summed E-state index contributed by atoms with van der Waals surface area (Å²) < 4.78 is 0. The van der Waals surface area contributed by atoms with Gasteiger partial charge in [0.25, 0.3) is 0 Å². The summed E-state index contributed by atoms with van der Waals surface area (Å²) in [6, 6.07) is 18.4. The maximum absolute atomic E-state index is 11.8. The molecule has 23 heavy (non-hydrogen) atoms. The van der Waals surface area contributed by atoms with E-state index in [1.165, 1.54) is 5.56 Å². The van der Waals surface area contributed by atoms with Gasteiger partial charge in [0.15, 0.2) is 0 Å². The maximum Gasteiger partial charge on any atom is 0.225 e. The van der Waals surface area contributed by atoms with Crippen LogP contribution in [0, 0.1) is 6.92 Å². The molecule has 3 nitrogen and oxygen atoms in total. The van der Waals surface area contributed by atoms with E-state index in [9.17, 15) is 4.79 Å². The molecular weight excluding hydrogens is 304 g/mol. The quantitative estimate of drug-likeness (QED) is 0.786. The maximum atomic E-state index is 11.8. The van der Waals surface area contributed by atoms with Gasteiger partial charge < -0.3 is 5.32 Å². The Morgan fingerprint density at radius 1 is 1.04 bits per heavy atom. The molecule has 0 fully saturated rings. The van der Waals surface area contributed by atoms with Crippen LogP contribution < -0.4 is 5.32 Å². The van der Waals surface area contributed by atoms with E-state index in [0.29, 0.717) is 6.42 Å². The highest BCUT2D eigenvalue weighted by molar-refractivity contribution is 7.18. The van der Waals surface area contributed by atoms with E-state index < -0.39 is 0 Å². The van der Waals surface area contributed by atoms with Crippen LogP contribution in [0.5, 0.6) is 0 Å². The molecule has 2 aromatic carbocycles. The second kappa shape index (κ2) is 6.75. The Balaban J connectivity index is 2.06. The molecule has 0 aliphatic rings. The van der Waals surface area contributed by atoms with Crippen molar-refractivity contribution in [3.05, 3.63) is 65.9 Å². The number of hydrogen-bond donors (Lipinski definition) is 1. The zero-order chi connectivity index (χ0) is 16.2. The summed E-state index contributed by atoms with van der Waals surface area (Å²) >= 11 is 1.63. The Kier molecular flexibility index (Phi) is 4.53. The molecule has 0 saturated heterocycles. The first-order chi connectivity index (χ1) is 11.2. The number of aryl methyl sites for hydroxylation is 1. The molecule has 0 aliphatic heterocycles. The zero-order valence-corrected chi connectivity index (χ0v) is 14.0. The summed E-state index contributed by atoms with van der Waals surface area (Å²) in [5, 5.41) is 3.62. The molecule has 0 radical (unpaired) electrons. The number of nitrogens with zero attached hydrogens (tertiary/aromatic N) is 1. The SMILES string of the molecule is CNC(=O)Cc1nc(-c2ccccc2)sc1-c1ccc(C)cc1. The molecule has 0 spiro atoms. The van der Waals surface area contributed by atoms with Gasteiger partial charge in [0.1, 0.15) is 5.01 Å². The Morgan fingerprint density at radius 2 is 1.74 bits per heavy atom. The van der Waals surface area contributed by atoms with Gasteiger partial charge >= 0.3 is 0 Å². The van der Waals surface area contributed by atoms with Gasteiger partial charge in [-0.25, -0.2) is 4.98 Å². The standard InChI is InChI=1S/C19H18N2OS/c1-13-8-10-14(11-9-13)18-16(12-17(22)20-2)21-19(23-18)15-6-4-3-5-7-15/h3-11H,12H2,1-2H3,(H,20,22). The van der Waals surface area contributed by atoms with E-state index in [-0.39, 0.29) is 5.91 Å². The molecule has 1 heterocycles. The smallest absolute Gasteiger partial charge is 0.225 e. The molecule has 1 amide bonds. The number of aromatic nitrogens is 1. The lowest BCUT2D eigenvalue weighted by atomic mass is 10.1. The topological polar surface area (TPSA) is 42.0 Å². The minimum atomic E-state index is -0.0247. The third kappa shape index (κ3) is 3.48. The first-order valence-electron chi connectivity index (χ1n) is 7.50. The van der Waals surface area contributed by atoms with E-state index in [0.717, 1.165) is 26.7 Å². The first-order valence-corrected chi connectivity index (χ1v) is 8.32. The molecule has 116 valence electrons. The second-order valence-electron chi connectivity index (χ2n) is 5.38. The average Bonchev–Trinajstić information content (AvgIpc) is 3.00. The number of rotatable bonds is 4. The highest BCUT2D eigenvalue weighted by Gasteiger charge is 2.16. The summed E-state index contributed by atoms with van der Waals surface area (Å²) in [5.74, 6) is -0.0247. The van der Waals surface area contributed by atoms with Crippen molar-refractivity contribution < 1.29 is 4.79 Å². The highest BCUT2D eigenvalue weighted by Crippen LogP contribution is 2.35. The van der Waals surface area contributed by atoms with Crippen molar-refractivity contribution in [2.45, 2.75) is 13.3 Å². The van der Waals surface area contributed by atoms with Gasteiger partial charge in [-0.3, -0.25) is 4.79 Å². The minimum absolute atomic E-state index is 0.0247. The van der Waals surface area contributed by atoms with E-state index in [4.69, 9.17) is 4.98 Å². The van der Waals surface area contributed by atoms with Crippen molar-refractivity contribution in [2.24, 2.45) is 0 Å². The van der Waals surface area contributed by atoms with Crippen LogP contribution in [-0.4, -0.2) is 17.9 Å². The van der Waals surface area contributed by atoms with E-state index in [1.54, 1.807) is 18.4 Å². The molecule has 0 bridgehead atoms. The number of nitrogens with one attached hydrogen (secondary N) is 1. The second-order valence-corrected chi connectivity index (χ2v) is 6.38. The van der Waals surface area contributed by atoms with Gasteiger partial charge in [-0.05, 0) is 12.5 Å². The zero-order valence-electron chi connectivity index (χ0n) is 13.2. The molecule has 0 saturated carbocycles. The van der Waals surface area contributed by atoms with Crippen molar-refractivity contribution in [3.8, 4) is 21.0 Å². The molecule has 0 atom stereocenters. The van der Waals surface area contributed by atoms with Crippen LogP contribution in [0.2, 0.25) is 0 Å². The lowest BCUT2D eigenvalue weighted by Gasteiger charge is -2.02. The van der Waals surface area contributed by atoms with Crippen molar-refractivity contribution in [1.82, 2.24) is 10.3 Å². The minimum Gasteiger partial charge on any atom is -0.359 e. The summed E-state index contributed by atoms with van der Waals surface area (Å²) in [5.41, 5.74) is 4.23. The number of thiazole rings is 1. The molecule has 3 aromatic rings. The van der Waals surface area contributed by atoms with Crippen molar-refractivity contribution in [2.75, 3.05) is 7.05 Å². The van der Waals surface area contributed by atoms with Gasteiger partial charge in [0.05, 0.1) is 17.0 Å². The van der Waals surface area contributed by atoms with E-state index in [2.05, 4.69) is 36.5 Å². The first kappa shape index (κ1) is 15.4. The number of likely N-dealkylation sites (N-methyl/N-ethyl adjacent to an activating group) is 1. The number of benzene rings is 2. The number of amides is 1. The predicted octanol–water partition coefficient (Wildman–Crippen LogP) is 4.07. The fourth-order valence-corrected chi connectivity index (χ4v) is 3.44. The lowest BCUT2D eigenvalue weighted by Crippen LogP contribution is -2.20. The average molecular weight is 322 g/mol. The van der Waals surface area contributed by atoms with Crippen LogP contribution >= 0.6 is 11.3 Å². The molecular formula is C19H18N2OS. The molecule has 1 aromatic heterocycles.